The van der Waals surface area contributed by atoms with Crippen LogP contribution in [0.5, 0.6) is 11.5 Å². The van der Waals surface area contributed by atoms with Crippen LogP contribution in [0.3, 0.4) is 0 Å². The van der Waals surface area contributed by atoms with E-state index in [1.807, 2.05) is 66.1 Å². The van der Waals surface area contributed by atoms with Crippen LogP contribution in [-0.2, 0) is 4.79 Å². The van der Waals surface area contributed by atoms with Crippen molar-refractivity contribution >= 4 is 23.4 Å². The first-order valence-electron chi connectivity index (χ1n) is 11.0. The molecular formula is C26H25N5O3S. The number of aromatic nitrogens is 3. The van der Waals surface area contributed by atoms with Crippen molar-refractivity contribution in [2.75, 3.05) is 12.4 Å². The zero-order valence-corrected chi connectivity index (χ0v) is 20.2. The molecule has 0 aliphatic rings. The summed E-state index contributed by atoms with van der Waals surface area (Å²) < 4.78 is 7.49. The standard InChI is InChI=1S/C26H25N5O3S/c1-3-34-23-15-11-21(12-16-23)31-25(20-7-5-4-6-8-20)29-30-26(31)35-17-24(33)28-27-18(2)19-9-13-22(32)14-10-19/h4-16,32H,3,17H2,1-2H3,(H,28,33)/b27-18-. The van der Waals surface area contributed by atoms with E-state index in [2.05, 4.69) is 20.7 Å². The molecule has 4 rings (SSSR count). The first-order chi connectivity index (χ1) is 17.0. The lowest BCUT2D eigenvalue weighted by atomic mass is 10.1. The number of benzene rings is 3. The number of hydrazone groups is 1. The maximum Gasteiger partial charge on any atom is 0.250 e. The molecule has 1 amide bonds. The van der Waals surface area contributed by atoms with Crippen molar-refractivity contribution in [1.82, 2.24) is 20.2 Å². The van der Waals surface area contributed by atoms with Crippen LogP contribution < -0.4 is 10.2 Å². The van der Waals surface area contributed by atoms with E-state index in [0.717, 1.165) is 22.6 Å². The molecule has 9 heteroatoms. The summed E-state index contributed by atoms with van der Waals surface area (Å²) in [5.41, 5.74) is 5.79. The Balaban J connectivity index is 1.52. The van der Waals surface area contributed by atoms with Gasteiger partial charge in [-0.2, -0.15) is 5.10 Å². The quantitative estimate of drug-likeness (QED) is 0.202. The number of amides is 1. The number of nitrogens with one attached hydrogen (secondary N) is 1. The number of rotatable bonds is 9. The molecule has 35 heavy (non-hydrogen) atoms. The number of carbonyl (C=O) groups excluding carboxylic acids is 1. The van der Waals surface area contributed by atoms with Crippen LogP contribution >= 0.6 is 11.8 Å². The van der Waals surface area contributed by atoms with Crippen LogP contribution in [0.2, 0.25) is 0 Å². The number of aromatic hydroxyl groups is 1. The molecule has 1 heterocycles. The summed E-state index contributed by atoms with van der Waals surface area (Å²) >= 11 is 1.27. The summed E-state index contributed by atoms with van der Waals surface area (Å²) in [6.07, 6.45) is 0. The minimum absolute atomic E-state index is 0.107. The lowest BCUT2D eigenvalue weighted by Crippen LogP contribution is -2.21. The van der Waals surface area contributed by atoms with Gasteiger partial charge in [-0.15, -0.1) is 10.2 Å². The molecule has 8 nitrogen and oxygen atoms in total. The summed E-state index contributed by atoms with van der Waals surface area (Å²) in [6, 6.07) is 24.1. The van der Waals surface area contributed by atoms with Crippen molar-refractivity contribution in [2.24, 2.45) is 5.10 Å². The second-order valence-corrected chi connectivity index (χ2v) is 8.44. The van der Waals surface area contributed by atoms with Crippen molar-refractivity contribution in [3.63, 3.8) is 0 Å². The Bertz CT molecular complexity index is 1300. The highest BCUT2D eigenvalue weighted by atomic mass is 32.2. The van der Waals surface area contributed by atoms with E-state index in [0.29, 0.717) is 23.3 Å². The van der Waals surface area contributed by atoms with E-state index in [4.69, 9.17) is 4.74 Å². The first-order valence-corrected chi connectivity index (χ1v) is 12.0. The highest BCUT2D eigenvalue weighted by molar-refractivity contribution is 7.99. The molecule has 4 aromatic rings. The number of carbonyl (C=O) groups is 1. The third-order valence-electron chi connectivity index (χ3n) is 5.04. The number of nitrogens with zero attached hydrogens (tertiary/aromatic N) is 4. The van der Waals surface area contributed by atoms with E-state index in [1.165, 1.54) is 11.8 Å². The topological polar surface area (TPSA) is 102 Å². The van der Waals surface area contributed by atoms with Crippen molar-refractivity contribution in [2.45, 2.75) is 19.0 Å². The Hall–Kier alpha value is -4.11. The predicted octanol–water partition coefficient (Wildman–Crippen LogP) is 4.67. The molecule has 3 aromatic carbocycles. The molecule has 0 bridgehead atoms. The maximum atomic E-state index is 12.5. The summed E-state index contributed by atoms with van der Waals surface area (Å²) in [7, 11) is 0. The Labute approximate surface area is 207 Å². The Kier molecular flexibility index (Phi) is 7.79. The Morgan fingerprint density at radius 2 is 1.74 bits per heavy atom. The highest BCUT2D eigenvalue weighted by Crippen LogP contribution is 2.28. The molecule has 0 unspecified atom stereocenters. The van der Waals surface area contributed by atoms with Crippen LogP contribution in [0, 0.1) is 0 Å². The van der Waals surface area contributed by atoms with Crippen molar-refractivity contribution in [3.8, 4) is 28.6 Å². The van der Waals surface area contributed by atoms with E-state index >= 15 is 0 Å². The summed E-state index contributed by atoms with van der Waals surface area (Å²) in [6.45, 7) is 4.32. The van der Waals surface area contributed by atoms with Crippen molar-refractivity contribution < 1.29 is 14.6 Å². The second kappa shape index (κ2) is 11.3. The molecule has 0 saturated carbocycles. The number of phenolic OH excluding ortho intramolecular Hbond substituents is 1. The minimum atomic E-state index is -0.268. The fourth-order valence-electron chi connectivity index (χ4n) is 3.30. The lowest BCUT2D eigenvalue weighted by molar-refractivity contribution is -0.118. The van der Waals surface area contributed by atoms with Gasteiger partial charge in [0.15, 0.2) is 11.0 Å². The Morgan fingerprint density at radius 3 is 2.43 bits per heavy atom. The molecular weight excluding hydrogens is 462 g/mol. The van der Waals surface area contributed by atoms with E-state index in [1.54, 1.807) is 31.2 Å². The van der Waals surface area contributed by atoms with Crippen LogP contribution in [-0.4, -0.2) is 43.8 Å². The Morgan fingerprint density at radius 1 is 1.03 bits per heavy atom. The minimum Gasteiger partial charge on any atom is -0.508 e. The molecule has 0 atom stereocenters. The molecule has 2 N–H and O–H groups in total. The van der Waals surface area contributed by atoms with Gasteiger partial charge in [-0.25, -0.2) is 5.43 Å². The molecule has 0 aliphatic carbocycles. The lowest BCUT2D eigenvalue weighted by Gasteiger charge is -2.11. The van der Waals surface area contributed by atoms with Gasteiger partial charge >= 0.3 is 0 Å². The molecule has 0 saturated heterocycles. The summed E-state index contributed by atoms with van der Waals surface area (Å²) in [5.74, 6) is 1.47. The van der Waals surface area contributed by atoms with Gasteiger partial charge in [0.2, 0.25) is 0 Å². The molecule has 0 spiro atoms. The normalized spacial score (nSPS) is 11.3. The average molecular weight is 488 g/mol. The average Bonchev–Trinajstić information content (AvgIpc) is 3.31. The second-order valence-electron chi connectivity index (χ2n) is 7.50. The van der Waals surface area contributed by atoms with Gasteiger partial charge in [0.1, 0.15) is 11.5 Å². The first kappa shape index (κ1) is 24.0. The van der Waals surface area contributed by atoms with E-state index < -0.39 is 0 Å². The van der Waals surface area contributed by atoms with Gasteiger partial charge < -0.3 is 9.84 Å². The van der Waals surface area contributed by atoms with Crippen LogP contribution in [0.1, 0.15) is 19.4 Å². The number of thioether (sulfide) groups is 1. The highest BCUT2D eigenvalue weighted by Gasteiger charge is 2.17. The fourth-order valence-corrected chi connectivity index (χ4v) is 4.05. The third kappa shape index (κ3) is 6.07. The zero-order valence-electron chi connectivity index (χ0n) is 19.4. The smallest absolute Gasteiger partial charge is 0.250 e. The number of ether oxygens (including phenoxy) is 1. The van der Waals surface area contributed by atoms with Crippen LogP contribution in [0.15, 0.2) is 89.1 Å². The molecule has 0 radical (unpaired) electrons. The van der Waals surface area contributed by atoms with Gasteiger partial charge in [-0.3, -0.25) is 9.36 Å². The van der Waals surface area contributed by atoms with Gasteiger partial charge in [-0.1, -0.05) is 42.1 Å². The van der Waals surface area contributed by atoms with Gasteiger partial charge in [-0.05, 0) is 67.9 Å². The molecule has 0 aliphatic heterocycles. The predicted molar refractivity (Wildman–Crippen MR) is 137 cm³/mol. The largest absolute Gasteiger partial charge is 0.508 e. The fraction of sp³-hybridized carbons (Fsp3) is 0.154. The van der Waals surface area contributed by atoms with E-state index in [-0.39, 0.29) is 17.4 Å². The van der Waals surface area contributed by atoms with Gasteiger partial charge in [0.25, 0.3) is 5.91 Å². The van der Waals surface area contributed by atoms with E-state index in [9.17, 15) is 9.90 Å². The third-order valence-corrected chi connectivity index (χ3v) is 5.97. The van der Waals surface area contributed by atoms with Crippen LogP contribution in [0.25, 0.3) is 17.1 Å². The summed E-state index contributed by atoms with van der Waals surface area (Å²) in [4.78, 5) is 12.5. The zero-order chi connectivity index (χ0) is 24.6. The van der Waals surface area contributed by atoms with Crippen molar-refractivity contribution in [3.05, 3.63) is 84.4 Å². The number of hydrogen-bond acceptors (Lipinski definition) is 7. The molecule has 0 fully saturated rings. The number of phenols is 1. The molecule has 1 aromatic heterocycles. The van der Waals surface area contributed by atoms with Crippen molar-refractivity contribution in [1.29, 1.82) is 0 Å². The van der Waals surface area contributed by atoms with Crippen LogP contribution in [0.4, 0.5) is 0 Å². The summed E-state index contributed by atoms with van der Waals surface area (Å²) in [5, 5.41) is 22.9. The SMILES string of the molecule is CCOc1ccc(-n2c(SCC(=O)N/N=C(/C)c3ccc(O)cc3)nnc2-c2ccccc2)cc1. The van der Waals surface area contributed by atoms with Gasteiger partial charge in [0.05, 0.1) is 18.1 Å². The monoisotopic (exact) mass is 487 g/mol. The molecule has 178 valence electrons. The number of hydrogen-bond donors (Lipinski definition) is 2. The maximum absolute atomic E-state index is 12.5. The van der Waals surface area contributed by atoms with Gasteiger partial charge in [0, 0.05) is 11.3 Å².